The van der Waals surface area contributed by atoms with E-state index in [9.17, 15) is 18.3 Å². The lowest BCUT2D eigenvalue weighted by molar-refractivity contribution is -0.130. The zero-order valence-electron chi connectivity index (χ0n) is 23.5. The Morgan fingerprint density at radius 3 is 2.55 bits per heavy atom. The van der Waals surface area contributed by atoms with Gasteiger partial charge in [0.1, 0.15) is 0 Å². The van der Waals surface area contributed by atoms with Crippen LogP contribution in [-0.2, 0) is 40.7 Å². The number of aromatic nitrogens is 2. The van der Waals surface area contributed by atoms with Crippen molar-refractivity contribution in [3.8, 4) is 11.3 Å². The van der Waals surface area contributed by atoms with Crippen molar-refractivity contribution >= 4 is 27.5 Å². The van der Waals surface area contributed by atoms with Gasteiger partial charge in [-0.2, -0.15) is 9.40 Å². The predicted molar refractivity (Wildman–Crippen MR) is 157 cm³/mol. The highest BCUT2D eigenvalue weighted by Gasteiger charge is 2.32. The molecule has 1 amide bonds. The van der Waals surface area contributed by atoms with E-state index in [2.05, 4.69) is 20.5 Å². The molecule has 11 heteroatoms. The molecule has 40 heavy (non-hydrogen) atoms. The number of carbonyl (C=O) groups is 1. The summed E-state index contributed by atoms with van der Waals surface area (Å²) in [4.78, 5) is 16.7. The van der Waals surface area contributed by atoms with Crippen molar-refractivity contribution in [3.05, 3.63) is 40.0 Å². The van der Waals surface area contributed by atoms with Crippen molar-refractivity contribution in [3.63, 3.8) is 0 Å². The first-order chi connectivity index (χ1) is 19.2. The van der Waals surface area contributed by atoms with Gasteiger partial charge in [-0.1, -0.05) is 17.7 Å². The number of aliphatic hydroxyl groups is 1. The lowest BCUT2D eigenvalue weighted by atomic mass is 9.99. The fourth-order valence-corrected chi connectivity index (χ4v) is 7.46. The van der Waals surface area contributed by atoms with Crippen molar-refractivity contribution in [1.29, 1.82) is 0 Å². The normalized spacial score (nSPS) is 19.5. The third kappa shape index (κ3) is 6.73. The van der Waals surface area contributed by atoms with E-state index in [-0.39, 0.29) is 6.61 Å². The highest BCUT2D eigenvalue weighted by molar-refractivity contribution is 7.88. The smallest absolute Gasteiger partial charge is 0.222 e. The molecule has 2 fully saturated rings. The molecule has 3 aliphatic heterocycles. The molecule has 1 aromatic carbocycles. The maximum Gasteiger partial charge on any atom is 0.222 e. The average molecular weight is 592 g/mol. The highest BCUT2D eigenvalue weighted by atomic mass is 35.5. The number of aryl methyl sites for hydroxylation is 2. The van der Waals surface area contributed by atoms with Gasteiger partial charge in [-0.3, -0.25) is 9.48 Å². The van der Waals surface area contributed by atoms with E-state index in [4.69, 9.17) is 16.7 Å². The zero-order chi connectivity index (χ0) is 28.3. The molecule has 0 saturated carbocycles. The van der Waals surface area contributed by atoms with Crippen LogP contribution in [-0.4, -0.2) is 94.9 Å². The monoisotopic (exact) mass is 591 g/mol. The minimum absolute atomic E-state index is 0.159. The standard InChI is InChI=1S/C29H42ClN5O4S/c1-40(38,39)33-18-12-27-25(21-33)29(23-8-9-26(30)22(20-23)6-2-3-19-36)31-35(27)15-5-13-32-16-10-24(11-17-32)34-14-4-7-28(34)37/h8-9,20,24,36H,2-7,10-19,21H2,1H3. The fourth-order valence-electron chi connectivity index (χ4n) is 6.46. The van der Waals surface area contributed by atoms with Gasteiger partial charge in [0.2, 0.25) is 15.9 Å². The number of rotatable bonds is 11. The molecule has 0 spiro atoms. The van der Waals surface area contributed by atoms with E-state index >= 15 is 0 Å². The number of likely N-dealkylation sites (tertiary alicyclic amines) is 2. The summed E-state index contributed by atoms with van der Waals surface area (Å²) in [5.74, 6) is 0.324. The van der Waals surface area contributed by atoms with Crippen LogP contribution in [0.3, 0.4) is 0 Å². The summed E-state index contributed by atoms with van der Waals surface area (Å²) in [6.45, 7) is 5.67. The molecule has 5 rings (SSSR count). The van der Waals surface area contributed by atoms with Crippen molar-refractivity contribution in [2.24, 2.45) is 0 Å². The first-order valence-electron chi connectivity index (χ1n) is 14.7. The number of aliphatic hydroxyl groups excluding tert-OH is 1. The van der Waals surface area contributed by atoms with Gasteiger partial charge in [-0.05, 0) is 69.2 Å². The molecule has 0 unspecified atom stereocenters. The molecular weight excluding hydrogens is 550 g/mol. The second kappa shape index (κ2) is 12.9. The van der Waals surface area contributed by atoms with Crippen LogP contribution in [0.5, 0.6) is 0 Å². The Hall–Kier alpha value is -1.98. The van der Waals surface area contributed by atoms with Crippen LogP contribution >= 0.6 is 11.6 Å². The van der Waals surface area contributed by atoms with Crippen molar-refractivity contribution in [2.75, 3.05) is 45.6 Å². The number of hydrogen-bond donors (Lipinski definition) is 1. The second-order valence-electron chi connectivity index (χ2n) is 11.4. The number of amides is 1. The summed E-state index contributed by atoms with van der Waals surface area (Å²) in [6.07, 6.45) is 9.02. The van der Waals surface area contributed by atoms with E-state index in [0.29, 0.717) is 42.9 Å². The van der Waals surface area contributed by atoms with Gasteiger partial charge in [-0.15, -0.1) is 0 Å². The summed E-state index contributed by atoms with van der Waals surface area (Å²) in [7, 11) is -3.31. The SMILES string of the molecule is CS(=O)(=O)N1CCc2c(c(-c3ccc(Cl)c(CCCCO)c3)nn2CCCN2CCC(N3CCCC3=O)CC2)C1. The molecule has 0 atom stereocenters. The van der Waals surface area contributed by atoms with Crippen molar-refractivity contribution < 1.29 is 18.3 Å². The summed E-state index contributed by atoms with van der Waals surface area (Å²) in [5, 5.41) is 14.9. The van der Waals surface area contributed by atoms with E-state index in [1.54, 1.807) is 0 Å². The molecule has 9 nitrogen and oxygen atoms in total. The summed E-state index contributed by atoms with van der Waals surface area (Å²) >= 11 is 6.49. The van der Waals surface area contributed by atoms with Crippen molar-refractivity contribution in [2.45, 2.75) is 76.9 Å². The number of carbonyl (C=O) groups excluding carboxylic acids is 1. The number of benzene rings is 1. The van der Waals surface area contributed by atoms with Crippen LogP contribution in [0.4, 0.5) is 0 Å². The van der Waals surface area contributed by atoms with Gasteiger partial charge in [0.15, 0.2) is 0 Å². The molecule has 1 N–H and O–H groups in total. The van der Waals surface area contributed by atoms with Crippen LogP contribution in [0.2, 0.25) is 5.02 Å². The fraction of sp³-hybridized carbons (Fsp3) is 0.655. The Kier molecular flexibility index (Phi) is 9.52. The minimum atomic E-state index is -3.31. The first kappa shape index (κ1) is 29.5. The third-order valence-electron chi connectivity index (χ3n) is 8.69. The number of fused-ring (bicyclic) bond motifs is 1. The number of unbranched alkanes of at least 4 members (excludes halogenated alkanes) is 1. The van der Waals surface area contributed by atoms with Crippen LogP contribution in [0.15, 0.2) is 18.2 Å². The topological polar surface area (TPSA) is 99.0 Å². The Bertz CT molecular complexity index is 1310. The first-order valence-corrected chi connectivity index (χ1v) is 16.9. The highest BCUT2D eigenvalue weighted by Crippen LogP contribution is 2.33. The Balaban J connectivity index is 1.29. The van der Waals surface area contributed by atoms with Crippen molar-refractivity contribution in [1.82, 2.24) is 23.9 Å². The number of sulfonamides is 1. The lowest BCUT2D eigenvalue weighted by Crippen LogP contribution is -2.45. The number of halogens is 1. The van der Waals surface area contributed by atoms with Gasteiger partial charge in [0.05, 0.1) is 11.9 Å². The number of piperidine rings is 1. The van der Waals surface area contributed by atoms with Crippen LogP contribution in [0, 0.1) is 0 Å². The maximum atomic E-state index is 12.4. The zero-order valence-corrected chi connectivity index (χ0v) is 25.1. The quantitative estimate of drug-likeness (QED) is 0.403. The Morgan fingerprint density at radius 2 is 1.85 bits per heavy atom. The average Bonchev–Trinajstić information content (AvgIpc) is 3.53. The van der Waals surface area contributed by atoms with E-state index < -0.39 is 10.0 Å². The molecule has 0 radical (unpaired) electrons. The van der Waals surface area contributed by atoms with Crippen LogP contribution in [0.1, 0.15) is 61.8 Å². The molecular formula is C29H42ClN5O4S. The van der Waals surface area contributed by atoms with E-state index in [0.717, 1.165) is 106 Å². The largest absolute Gasteiger partial charge is 0.396 e. The molecule has 2 aromatic rings. The van der Waals surface area contributed by atoms with Crippen LogP contribution in [0.25, 0.3) is 11.3 Å². The molecule has 4 heterocycles. The van der Waals surface area contributed by atoms with Crippen LogP contribution < -0.4 is 0 Å². The molecule has 220 valence electrons. The maximum absolute atomic E-state index is 12.4. The molecule has 1 aromatic heterocycles. The van der Waals surface area contributed by atoms with Gasteiger partial charge >= 0.3 is 0 Å². The minimum Gasteiger partial charge on any atom is -0.396 e. The third-order valence-corrected chi connectivity index (χ3v) is 10.3. The summed E-state index contributed by atoms with van der Waals surface area (Å²) in [5.41, 5.74) is 4.91. The summed E-state index contributed by atoms with van der Waals surface area (Å²) in [6, 6.07) is 6.34. The van der Waals surface area contributed by atoms with Gasteiger partial charge in [0.25, 0.3) is 0 Å². The number of hydrogen-bond acceptors (Lipinski definition) is 6. The molecule has 0 bridgehead atoms. The van der Waals surface area contributed by atoms with Gasteiger partial charge < -0.3 is 14.9 Å². The van der Waals surface area contributed by atoms with E-state index in [1.165, 1.54) is 10.6 Å². The Morgan fingerprint density at radius 1 is 1.05 bits per heavy atom. The second-order valence-corrected chi connectivity index (χ2v) is 13.8. The molecule has 0 aliphatic carbocycles. The Labute approximate surface area is 243 Å². The van der Waals surface area contributed by atoms with E-state index in [1.807, 2.05) is 12.1 Å². The number of nitrogens with zero attached hydrogens (tertiary/aromatic N) is 5. The predicted octanol–water partition coefficient (Wildman–Crippen LogP) is 3.31. The molecule has 3 aliphatic rings. The lowest BCUT2D eigenvalue weighted by Gasteiger charge is -2.36. The summed E-state index contributed by atoms with van der Waals surface area (Å²) < 4.78 is 28.4. The van der Waals surface area contributed by atoms with Gasteiger partial charge in [0, 0.05) is 86.6 Å². The van der Waals surface area contributed by atoms with Gasteiger partial charge in [-0.25, -0.2) is 8.42 Å². The molecule has 2 saturated heterocycles.